The van der Waals surface area contributed by atoms with Gasteiger partial charge in [0.1, 0.15) is 18.1 Å². The Bertz CT molecular complexity index is 847. The first kappa shape index (κ1) is 20.7. The minimum absolute atomic E-state index is 0.0276. The molecule has 2 aliphatic heterocycles. The van der Waals surface area contributed by atoms with Gasteiger partial charge in [0, 0.05) is 26.2 Å². The number of nitrogens with one attached hydrogen (secondary N) is 1. The Morgan fingerprint density at radius 2 is 1.90 bits per heavy atom. The fourth-order valence-corrected chi connectivity index (χ4v) is 3.91. The molecule has 1 unspecified atom stereocenters. The van der Waals surface area contributed by atoms with Gasteiger partial charge >= 0.3 is 0 Å². The topological polar surface area (TPSA) is 60.0 Å². The third kappa shape index (κ3) is 5.32. The summed E-state index contributed by atoms with van der Waals surface area (Å²) in [5.41, 5.74) is 3.42. The number of hydrogen-bond donors (Lipinski definition) is 1. The van der Waals surface area contributed by atoms with Crippen molar-refractivity contribution >= 4 is 5.91 Å². The lowest BCUT2D eigenvalue weighted by molar-refractivity contribution is -0.126. The van der Waals surface area contributed by atoms with Gasteiger partial charge in [-0.05, 0) is 48.2 Å². The first-order chi connectivity index (χ1) is 14.7. The Labute approximate surface area is 178 Å². The predicted octanol–water partition coefficient (Wildman–Crippen LogP) is 2.79. The zero-order chi connectivity index (χ0) is 20.8. The smallest absolute Gasteiger partial charge is 0.227 e. The van der Waals surface area contributed by atoms with Crippen LogP contribution >= 0.6 is 0 Å². The summed E-state index contributed by atoms with van der Waals surface area (Å²) in [7, 11) is 0. The van der Waals surface area contributed by atoms with E-state index in [0.717, 1.165) is 55.5 Å². The summed E-state index contributed by atoms with van der Waals surface area (Å²) in [6.45, 7) is 8.05. The molecule has 1 amide bonds. The molecule has 0 saturated carbocycles. The number of fused-ring (bicyclic) bond motifs is 1. The summed E-state index contributed by atoms with van der Waals surface area (Å²) in [5.74, 6) is 1.51. The van der Waals surface area contributed by atoms with E-state index in [2.05, 4.69) is 34.5 Å². The number of hydrogen-bond acceptors (Lipinski definition) is 5. The van der Waals surface area contributed by atoms with Gasteiger partial charge in [-0.15, -0.1) is 0 Å². The minimum atomic E-state index is -0.185. The van der Waals surface area contributed by atoms with E-state index in [1.165, 1.54) is 5.56 Å². The lowest BCUT2D eigenvalue weighted by atomic mass is 9.95. The Kier molecular flexibility index (Phi) is 6.87. The van der Waals surface area contributed by atoms with Gasteiger partial charge in [0.2, 0.25) is 5.91 Å². The van der Waals surface area contributed by atoms with Gasteiger partial charge in [0.15, 0.2) is 0 Å². The van der Waals surface area contributed by atoms with Crippen LogP contribution in [-0.2, 0) is 29.0 Å². The molecule has 0 bridgehead atoms. The molecule has 6 nitrogen and oxygen atoms in total. The number of benzene rings is 2. The highest BCUT2D eigenvalue weighted by Gasteiger charge is 2.26. The molecule has 0 aliphatic carbocycles. The molecule has 30 heavy (non-hydrogen) atoms. The van der Waals surface area contributed by atoms with Crippen LogP contribution in [-0.4, -0.2) is 50.3 Å². The largest absolute Gasteiger partial charge is 0.494 e. The van der Waals surface area contributed by atoms with Crippen LogP contribution in [0.25, 0.3) is 0 Å². The molecule has 6 heteroatoms. The maximum atomic E-state index is 12.7. The zero-order valence-electron chi connectivity index (χ0n) is 17.6. The lowest BCUT2D eigenvalue weighted by Crippen LogP contribution is -2.37. The zero-order valence-corrected chi connectivity index (χ0v) is 17.6. The van der Waals surface area contributed by atoms with E-state index in [-0.39, 0.29) is 11.8 Å². The van der Waals surface area contributed by atoms with Gasteiger partial charge in [-0.1, -0.05) is 24.3 Å². The molecule has 2 aliphatic rings. The van der Waals surface area contributed by atoms with Crippen molar-refractivity contribution in [3.05, 3.63) is 59.2 Å². The van der Waals surface area contributed by atoms with Gasteiger partial charge in [0.05, 0.1) is 25.7 Å². The highest BCUT2D eigenvalue weighted by atomic mass is 16.5. The fraction of sp³-hybridized carbons (Fsp3) is 0.458. The van der Waals surface area contributed by atoms with Crippen LogP contribution in [0.15, 0.2) is 42.5 Å². The van der Waals surface area contributed by atoms with Crippen LogP contribution in [0.1, 0.15) is 23.6 Å². The van der Waals surface area contributed by atoms with Crippen LogP contribution < -0.4 is 14.8 Å². The number of carbonyl (C=O) groups excluding carboxylic acids is 1. The molecule has 0 aromatic heterocycles. The fourth-order valence-electron chi connectivity index (χ4n) is 3.91. The Balaban J connectivity index is 1.27. The maximum absolute atomic E-state index is 12.7. The number of nitrogens with zero attached hydrogens (tertiary/aromatic N) is 1. The van der Waals surface area contributed by atoms with Crippen molar-refractivity contribution < 1.29 is 19.0 Å². The number of carbonyl (C=O) groups is 1. The van der Waals surface area contributed by atoms with Crippen molar-refractivity contribution in [2.75, 3.05) is 39.5 Å². The second-order valence-electron chi connectivity index (χ2n) is 7.84. The van der Waals surface area contributed by atoms with Crippen molar-refractivity contribution in [3.8, 4) is 11.5 Å². The van der Waals surface area contributed by atoms with Crippen molar-refractivity contribution in [2.24, 2.45) is 5.92 Å². The molecule has 2 aromatic carbocycles. The van der Waals surface area contributed by atoms with E-state index in [1.54, 1.807) is 0 Å². The minimum Gasteiger partial charge on any atom is -0.494 e. The summed E-state index contributed by atoms with van der Waals surface area (Å²) in [6, 6.07) is 14.3. The number of amides is 1. The highest BCUT2D eigenvalue weighted by Crippen LogP contribution is 2.31. The summed E-state index contributed by atoms with van der Waals surface area (Å²) in [6.07, 6.45) is 0.667. The molecule has 1 fully saturated rings. The van der Waals surface area contributed by atoms with E-state index in [4.69, 9.17) is 14.2 Å². The number of rotatable bonds is 7. The molecule has 0 spiro atoms. The first-order valence-corrected chi connectivity index (χ1v) is 10.8. The summed E-state index contributed by atoms with van der Waals surface area (Å²) in [4.78, 5) is 15.1. The molecule has 1 N–H and O–H groups in total. The molecule has 2 aromatic rings. The average molecular weight is 411 g/mol. The molecule has 1 saturated heterocycles. The molecular formula is C24H30N2O4. The van der Waals surface area contributed by atoms with Crippen molar-refractivity contribution in [1.29, 1.82) is 0 Å². The third-order valence-electron chi connectivity index (χ3n) is 5.62. The Morgan fingerprint density at radius 3 is 2.67 bits per heavy atom. The molecule has 4 rings (SSSR count). The Morgan fingerprint density at radius 1 is 1.13 bits per heavy atom. The normalized spacial score (nSPS) is 18.9. The average Bonchev–Trinajstić information content (AvgIpc) is 2.79. The molecule has 0 radical (unpaired) electrons. The van der Waals surface area contributed by atoms with Gasteiger partial charge in [-0.25, -0.2) is 0 Å². The second-order valence-corrected chi connectivity index (χ2v) is 7.84. The monoisotopic (exact) mass is 410 g/mol. The van der Waals surface area contributed by atoms with Gasteiger partial charge in [-0.3, -0.25) is 9.69 Å². The maximum Gasteiger partial charge on any atom is 0.227 e. The lowest BCUT2D eigenvalue weighted by Gasteiger charge is -2.26. The van der Waals surface area contributed by atoms with E-state index in [1.807, 2.05) is 25.1 Å². The predicted molar refractivity (Wildman–Crippen MR) is 115 cm³/mol. The summed E-state index contributed by atoms with van der Waals surface area (Å²) >= 11 is 0. The van der Waals surface area contributed by atoms with Crippen LogP contribution in [0.3, 0.4) is 0 Å². The number of ether oxygens (including phenoxy) is 3. The molecule has 160 valence electrons. The Hall–Kier alpha value is -2.57. The van der Waals surface area contributed by atoms with Gasteiger partial charge < -0.3 is 19.5 Å². The highest BCUT2D eigenvalue weighted by molar-refractivity contribution is 5.79. The molecular weight excluding hydrogens is 380 g/mol. The standard InChI is InChI=1S/C24H30N2O4/c1-2-29-22-7-8-23-20(14-22)13-21(17-30-23)24(27)25-15-18-3-5-19(6-4-18)16-26-9-11-28-12-10-26/h3-8,14,21H,2,9-13,15-17H2,1H3,(H,25,27). The molecule has 2 heterocycles. The van der Waals surface area contributed by atoms with Crippen LogP contribution in [0.2, 0.25) is 0 Å². The SMILES string of the molecule is CCOc1ccc2c(c1)CC(C(=O)NCc1ccc(CN3CCOCC3)cc1)CO2. The second kappa shape index (κ2) is 9.96. The van der Waals surface area contributed by atoms with E-state index in [9.17, 15) is 4.79 Å². The third-order valence-corrected chi connectivity index (χ3v) is 5.62. The van der Waals surface area contributed by atoms with Crippen LogP contribution in [0, 0.1) is 5.92 Å². The van der Waals surface area contributed by atoms with Crippen molar-refractivity contribution in [3.63, 3.8) is 0 Å². The first-order valence-electron chi connectivity index (χ1n) is 10.8. The number of morpholine rings is 1. The van der Waals surface area contributed by atoms with E-state index in [0.29, 0.717) is 26.2 Å². The summed E-state index contributed by atoms with van der Waals surface area (Å²) < 4.78 is 16.8. The quantitative estimate of drug-likeness (QED) is 0.761. The van der Waals surface area contributed by atoms with Gasteiger partial charge in [-0.2, -0.15) is 0 Å². The van der Waals surface area contributed by atoms with Crippen molar-refractivity contribution in [1.82, 2.24) is 10.2 Å². The van der Waals surface area contributed by atoms with E-state index < -0.39 is 0 Å². The van der Waals surface area contributed by atoms with Crippen LogP contribution in [0.5, 0.6) is 11.5 Å². The summed E-state index contributed by atoms with van der Waals surface area (Å²) in [5, 5.41) is 3.06. The van der Waals surface area contributed by atoms with Crippen molar-refractivity contribution in [2.45, 2.75) is 26.4 Å². The van der Waals surface area contributed by atoms with Crippen LogP contribution in [0.4, 0.5) is 0 Å². The van der Waals surface area contributed by atoms with E-state index >= 15 is 0 Å². The van der Waals surface area contributed by atoms with Gasteiger partial charge in [0.25, 0.3) is 0 Å². The molecule has 1 atom stereocenters.